The Labute approximate surface area is 151 Å². The smallest absolute Gasteiger partial charge is 0.240 e. The Hall–Kier alpha value is -2.86. The van der Waals surface area contributed by atoms with Gasteiger partial charge in [0.15, 0.2) is 9.84 Å². The lowest BCUT2D eigenvalue weighted by Gasteiger charge is -2.14. The van der Waals surface area contributed by atoms with E-state index in [1.54, 1.807) is 0 Å². The third kappa shape index (κ3) is 3.28. The molecule has 3 aromatic rings. The topological polar surface area (TPSA) is 68.2 Å². The van der Waals surface area contributed by atoms with Crippen LogP contribution in [0.3, 0.4) is 0 Å². The van der Waals surface area contributed by atoms with E-state index >= 15 is 0 Å². The van der Waals surface area contributed by atoms with Gasteiger partial charge in [0.05, 0.1) is 11.8 Å². The lowest BCUT2D eigenvalue weighted by molar-refractivity contribution is -0.121. The zero-order chi connectivity index (χ0) is 18.1. The number of para-hydroxylation sites is 1. The molecule has 4 rings (SSSR count). The van der Waals surface area contributed by atoms with Crippen molar-refractivity contribution in [3.05, 3.63) is 72.1 Å². The number of benzene rings is 2. The van der Waals surface area contributed by atoms with E-state index in [0.29, 0.717) is 0 Å². The van der Waals surface area contributed by atoms with E-state index in [1.807, 2.05) is 59.2 Å². The lowest BCUT2D eigenvalue weighted by Crippen LogP contribution is -2.37. The fraction of sp³-hybridized carbons (Fsp3) is 0.150. The first-order chi connectivity index (χ1) is 12.5. The molecule has 1 atom stereocenters. The minimum absolute atomic E-state index is 0.0727. The molecule has 0 bridgehead atoms. The Balaban J connectivity index is 1.65. The second-order valence-corrected chi connectivity index (χ2v) is 8.30. The maximum absolute atomic E-state index is 12.5. The average Bonchev–Trinajstić information content (AvgIpc) is 3.16. The summed E-state index contributed by atoms with van der Waals surface area (Å²) in [5.74, 6) is -0.285. The molecule has 1 aliphatic heterocycles. The number of aromatic nitrogens is 1. The van der Waals surface area contributed by atoms with E-state index in [4.69, 9.17) is 0 Å². The van der Waals surface area contributed by atoms with Gasteiger partial charge in [-0.15, -0.1) is 0 Å². The average molecular weight is 366 g/mol. The summed E-state index contributed by atoms with van der Waals surface area (Å²) in [5.41, 5.74) is 2.95. The summed E-state index contributed by atoms with van der Waals surface area (Å²) >= 11 is 0. The molecule has 5 nitrogen and oxygen atoms in total. The van der Waals surface area contributed by atoms with Crippen molar-refractivity contribution >= 4 is 26.6 Å². The summed E-state index contributed by atoms with van der Waals surface area (Å²) < 4.78 is 25.0. The molecular weight excluding hydrogens is 348 g/mol. The second kappa shape index (κ2) is 6.46. The van der Waals surface area contributed by atoms with E-state index in [1.165, 1.54) is 11.5 Å². The second-order valence-electron chi connectivity index (χ2n) is 6.37. The van der Waals surface area contributed by atoms with Gasteiger partial charge in [-0.1, -0.05) is 48.5 Å². The van der Waals surface area contributed by atoms with E-state index in [-0.39, 0.29) is 18.2 Å². The Morgan fingerprint density at radius 1 is 1.08 bits per heavy atom. The molecule has 2 heterocycles. The molecule has 1 aromatic heterocycles. The third-order valence-corrected chi connectivity index (χ3v) is 5.85. The number of amides is 1. The van der Waals surface area contributed by atoms with Gasteiger partial charge >= 0.3 is 0 Å². The molecule has 132 valence electrons. The summed E-state index contributed by atoms with van der Waals surface area (Å²) in [4.78, 5) is 12.5. The van der Waals surface area contributed by atoms with Gasteiger partial charge in [-0.05, 0) is 23.8 Å². The molecule has 0 saturated heterocycles. The van der Waals surface area contributed by atoms with Crippen molar-refractivity contribution in [2.45, 2.75) is 12.6 Å². The normalized spacial score (nSPS) is 18.2. The van der Waals surface area contributed by atoms with E-state index in [9.17, 15) is 13.2 Å². The number of nitrogens with one attached hydrogen (secondary N) is 1. The highest BCUT2D eigenvalue weighted by Crippen LogP contribution is 2.28. The predicted octanol–water partition coefficient (Wildman–Crippen LogP) is 2.74. The maximum atomic E-state index is 12.5. The summed E-state index contributed by atoms with van der Waals surface area (Å²) in [6.07, 6.45) is 1.53. The van der Waals surface area contributed by atoms with Gasteiger partial charge in [-0.2, -0.15) is 0 Å². The van der Waals surface area contributed by atoms with Gasteiger partial charge in [-0.25, -0.2) is 8.42 Å². The van der Waals surface area contributed by atoms with Crippen molar-refractivity contribution in [3.63, 3.8) is 0 Å². The molecule has 1 N–H and O–H groups in total. The van der Waals surface area contributed by atoms with Crippen LogP contribution in [0.15, 0.2) is 72.1 Å². The standard InChI is InChI=1S/C20H18N2O3S/c23-20(21-17-10-11-26(24,25)14-17)13-22-18-9-5-4-8-16(18)12-19(22)15-6-2-1-3-7-15/h1-12,17H,13-14H2,(H,21,23). The molecule has 1 aliphatic rings. The first-order valence-electron chi connectivity index (χ1n) is 8.36. The van der Waals surface area contributed by atoms with Crippen LogP contribution in [-0.4, -0.2) is 30.7 Å². The van der Waals surface area contributed by atoms with Gasteiger partial charge in [0.2, 0.25) is 5.91 Å². The molecule has 1 unspecified atom stereocenters. The van der Waals surface area contributed by atoms with Crippen molar-refractivity contribution in [3.8, 4) is 11.3 Å². The minimum atomic E-state index is -3.19. The quantitative estimate of drug-likeness (QED) is 0.772. The Morgan fingerprint density at radius 2 is 1.81 bits per heavy atom. The van der Waals surface area contributed by atoms with Gasteiger partial charge in [0.25, 0.3) is 0 Å². The molecule has 0 radical (unpaired) electrons. The first-order valence-corrected chi connectivity index (χ1v) is 10.1. The van der Waals surface area contributed by atoms with Crippen molar-refractivity contribution in [2.75, 3.05) is 5.75 Å². The molecule has 0 fully saturated rings. The van der Waals surface area contributed by atoms with Crippen molar-refractivity contribution in [1.82, 2.24) is 9.88 Å². The van der Waals surface area contributed by atoms with E-state index in [2.05, 4.69) is 11.4 Å². The number of carbonyl (C=O) groups is 1. The molecule has 6 heteroatoms. The fourth-order valence-corrected chi connectivity index (χ4v) is 4.53. The number of nitrogens with zero attached hydrogens (tertiary/aromatic N) is 1. The fourth-order valence-electron chi connectivity index (χ4n) is 3.29. The molecule has 0 spiro atoms. The van der Waals surface area contributed by atoms with Gasteiger partial charge in [0.1, 0.15) is 6.54 Å². The lowest BCUT2D eigenvalue weighted by atomic mass is 10.1. The van der Waals surface area contributed by atoms with Gasteiger partial charge in [-0.3, -0.25) is 4.79 Å². The highest BCUT2D eigenvalue weighted by molar-refractivity contribution is 7.94. The van der Waals surface area contributed by atoms with Crippen LogP contribution in [0.5, 0.6) is 0 Å². The van der Waals surface area contributed by atoms with Crippen LogP contribution in [0.25, 0.3) is 22.2 Å². The monoisotopic (exact) mass is 366 g/mol. The van der Waals surface area contributed by atoms with E-state index < -0.39 is 15.9 Å². The maximum Gasteiger partial charge on any atom is 0.240 e. The molecule has 26 heavy (non-hydrogen) atoms. The van der Waals surface area contributed by atoms with Crippen molar-refractivity contribution in [1.29, 1.82) is 0 Å². The third-order valence-electron chi connectivity index (χ3n) is 4.46. The number of sulfone groups is 1. The largest absolute Gasteiger partial charge is 0.347 e. The Bertz CT molecular complexity index is 1100. The van der Waals surface area contributed by atoms with Crippen LogP contribution in [0.1, 0.15) is 0 Å². The zero-order valence-electron chi connectivity index (χ0n) is 14.0. The van der Waals surface area contributed by atoms with Crippen LogP contribution in [-0.2, 0) is 21.2 Å². The van der Waals surface area contributed by atoms with Crippen LogP contribution in [0.4, 0.5) is 0 Å². The summed E-state index contributed by atoms with van der Waals surface area (Å²) in [7, 11) is -3.19. The van der Waals surface area contributed by atoms with E-state index in [0.717, 1.165) is 22.2 Å². The molecule has 2 aromatic carbocycles. The van der Waals surface area contributed by atoms with Gasteiger partial charge in [0, 0.05) is 22.0 Å². The van der Waals surface area contributed by atoms with Crippen LogP contribution < -0.4 is 5.32 Å². The number of rotatable bonds is 4. The predicted molar refractivity (Wildman–Crippen MR) is 102 cm³/mol. The summed E-state index contributed by atoms with van der Waals surface area (Å²) in [6.45, 7) is 0.127. The number of carbonyl (C=O) groups excluding carboxylic acids is 1. The first kappa shape index (κ1) is 16.6. The Kier molecular flexibility index (Phi) is 4.12. The SMILES string of the molecule is O=C(Cn1c(-c2ccccc2)cc2ccccc21)NC1C=CS(=O)(=O)C1. The van der Waals surface area contributed by atoms with Crippen LogP contribution >= 0.6 is 0 Å². The minimum Gasteiger partial charge on any atom is -0.347 e. The number of fused-ring (bicyclic) bond motifs is 1. The Morgan fingerprint density at radius 3 is 2.54 bits per heavy atom. The van der Waals surface area contributed by atoms with Crippen LogP contribution in [0, 0.1) is 0 Å². The highest BCUT2D eigenvalue weighted by atomic mass is 32.2. The van der Waals surface area contributed by atoms with Crippen molar-refractivity contribution < 1.29 is 13.2 Å². The number of hydrogen-bond donors (Lipinski definition) is 1. The summed E-state index contributed by atoms with van der Waals surface area (Å²) in [5, 5.41) is 5.01. The van der Waals surface area contributed by atoms with Crippen LogP contribution in [0.2, 0.25) is 0 Å². The molecule has 0 saturated carbocycles. The van der Waals surface area contributed by atoms with Gasteiger partial charge < -0.3 is 9.88 Å². The molecular formula is C20H18N2O3S. The summed E-state index contributed by atoms with van der Waals surface area (Å²) in [6, 6.07) is 19.4. The highest BCUT2D eigenvalue weighted by Gasteiger charge is 2.23. The zero-order valence-corrected chi connectivity index (χ0v) is 14.8. The molecule has 1 amide bonds. The number of hydrogen-bond acceptors (Lipinski definition) is 3. The molecule has 0 aliphatic carbocycles. The van der Waals surface area contributed by atoms with Crippen molar-refractivity contribution in [2.24, 2.45) is 0 Å².